The van der Waals surface area contributed by atoms with Crippen LogP contribution in [-0.4, -0.2) is 82.4 Å². The molecule has 0 spiro atoms. The summed E-state index contributed by atoms with van der Waals surface area (Å²) in [4.78, 5) is 30.2. The second kappa shape index (κ2) is 10.6. The second-order valence-corrected chi connectivity index (χ2v) is 11.3. The molecule has 3 aliphatic heterocycles. The third-order valence-corrected chi connectivity index (χ3v) is 8.95. The Balaban J connectivity index is 1.37. The van der Waals surface area contributed by atoms with Gasteiger partial charge in [-0.15, -0.1) is 0 Å². The molecule has 9 nitrogen and oxygen atoms in total. The summed E-state index contributed by atoms with van der Waals surface area (Å²) < 4.78 is 33.6. The molecule has 2 fully saturated rings. The van der Waals surface area contributed by atoms with E-state index >= 15 is 0 Å². The van der Waals surface area contributed by atoms with Crippen LogP contribution in [0.2, 0.25) is 0 Å². The molecule has 2 aromatic carbocycles. The SMILES string of the molecule is O=C(NCCN1CCCC1)c1cccc2c1S(=O)(=O)c1c(cccc1C(=O)NCCN1CCCC1)O2. The first kappa shape index (κ1) is 24.7. The maximum absolute atomic E-state index is 13.9. The molecule has 36 heavy (non-hydrogen) atoms. The van der Waals surface area contributed by atoms with E-state index in [4.69, 9.17) is 4.74 Å². The number of benzene rings is 2. The molecular weight excluding hydrogens is 480 g/mol. The van der Waals surface area contributed by atoms with E-state index in [0.717, 1.165) is 51.9 Å². The highest BCUT2D eigenvalue weighted by atomic mass is 32.2. The Labute approximate surface area is 211 Å². The number of nitrogens with one attached hydrogen (secondary N) is 2. The summed E-state index contributed by atoms with van der Waals surface area (Å²) in [5, 5.41) is 5.69. The highest BCUT2D eigenvalue weighted by Crippen LogP contribution is 2.45. The molecule has 0 bridgehead atoms. The Morgan fingerprint density at radius 2 is 1.14 bits per heavy atom. The van der Waals surface area contributed by atoms with Gasteiger partial charge in [-0.2, -0.15) is 0 Å². The fourth-order valence-electron chi connectivity index (χ4n) is 5.18. The number of carbonyl (C=O) groups is 2. The monoisotopic (exact) mass is 512 g/mol. The molecule has 192 valence electrons. The highest BCUT2D eigenvalue weighted by Gasteiger charge is 2.38. The van der Waals surface area contributed by atoms with Gasteiger partial charge >= 0.3 is 0 Å². The van der Waals surface area contributed by atoms with Crippen LogP contribution >= 0.6 is 0 Å². The number of nitrogens with zero attached hydrogens (tertiary/aromatic N) is 2. The van der Waals surface area contributed by atoms with Gasteiger partial charge in [-0.25, -0.2) is 8.42 Å². The first-order valence-corrected chi connectivity index (χ1v) is 14.1. The van der Waals surface area contributed by atoms with Crippen LogP contribution < -0.4 is 15.4 Å². The van der Waals surface area contributed by atoms with Gasteiger partial charge in [0.05, 0.1) is 11.1 Å². The number of carbonyl (C=O) groups excluding carboxylic acids is 2. The third-order valence-electron chi connectivity index (χ3n) is 7.03. The molecule has 2 aromatic rings. The van der Waals surface area contributed by atoms with Crippen molar-refractivity contribution >= 4 is 21.7 Å². The number of fused-ring (bicyclic) bond motifs is 2. The van der Waals surface area contributed by atoms with E-state index in [0.29, 0.717) is 26.2 Å². The molecule has 3 aliphatic rings. The molecule has 2 amide bonds. The van der Waals surface area contributed by atoms with Gasteiger partial charge in [-0.1, -0.05) is 12.1 Å². The fourth-order valence-corrected chi connectivity index (χ4v) is 7.04. The molecule has 0 atom stereocenters. The lowest BCUT2D eigenvalue weighted by molar-refractivity contribution is 0.0939. The van der Waals surface area contributed by atoms with Crippen LogP contribution in [0.15, 0.2) is 46.2 Å². The number of amides is 2. The van der Waals surface area contributed by atoms with E-state index in [1.807, 2.05) is 0 Å². The quantitative estimate of drug-likeness (QED) is 0.477. The molecule has 2 N–H and O–H groups in total. The third kappa shape index (κ3) is 4.98. The fraction of sp³-hybridized carbons (Fsp3) is 0.462. The lowest BCUT2D eigenvalue weighted by atomic mass is 10.1. The van der Waals surface area contributed by atoms with Crippen LogP contribution in [0.5, 0.6) is 11.5 Å². The normalized spacial score (nSPS) is 18.8. The largest absolute Gasteiger partial charge is 0.455 e. The van der Waals surface area contributed by atoms with E-state index in [1.54, 1.807) is 12.1 Å². The molecule has 0 aromatic heterocycles. The van der Waals surface area contributed by atoms with E-state index in [2.05, 4.69) is 20.4 Å². The van der Waals surface area contributed by atoms with E-state index in [-0.39, 0.29) is 32.4 Å². The molecule has 0 unspecified atom stereocenters. The average Bonchev–Trinajstić information content (AvgIpc) is 3.58. The Morgan fingerprint density at radius 1 is 0.722 bits per heavy atom. The van der Waals surface area contributed by atoms with Crippen molar-refractivity contribution < 1.29 is 22.7 Å². The molecular formula is C26H32N4O5S. The van der Waals surface area contributed by atoms with Crippen LogP contribution in [0.4, 0.5) is 0 Å². The van der Waals surface area contributed by atoms with Crippen LogP contribution in [0, 0.1) is 0 Å². The van der Waals surface area contributed by atoms with Crippen LogP contribution in [-0.2, 0) is 9.84 Å². The van der Waals surface area contributed by atoms with Crippen molar-refractivity contribution in [1.82, 2.24) is 20.4 Å². The average molecular weight is 513 g/mol. The molecule has 10 heteroatoms. The summed E-state index contributed by atoms with van der Waals surface area (Å²) >= 11 is 0. The van der Waals surface area contributed by atoms with Crippen molar-refractivity contribution in [2.75, 3.05) is 52.4 Å². The minimum Gasteiger partial charge on any atom is -0.455 e. The summed E-state index contributed by atoms with van der Waals surface area (Å²) in [7, 11) is -4.20. The summed E-state index contributed by atoms with van der Waals surface area (Å²) in [5.41, 5.74) is 0.0348. The Hall–Kier alpha value is -2.95. The minimum absolute atomic E-state index is 0.0174. The van der Waals surface area contributed by atoms with Crippen molar-refractivity contribution in [2.45, 2.75) is 35.5 Å². The molecule has 5 rings (SSSR count). The summed E-state index contributed by atoms with van der Waals surface area (Å²) in [6.45, 7) is 6.33. The second-order valence-electron chi connectivity index (χ2n) is 9.48. The zero-order valence-corrected chi connectivity index (χ0v) is 21.1. The first-order chi connectivity index (χ1) is 17.4. The molecule has 0 saturated carbocycles. The van der Waals surface area contributed by atoms with Gasteiger partial charge in [0.25, 0.3) is 11.8 Å². The lowest BCUT2D eigenvalue weighted by Crippen LogP contribution is -2.35. The van der Waals surface area contributed by atoms with Gasteiger partial charge in [0.15, 0.2) is 0 Å². The zero-order valence-electron chi connectivity index (χ0n) is 20.3. The number of ether oxygens (including phenoxy) is 1. The van der Waals surface area contributed by atoms with Crippen molar-refractivity contribution in [3.8, 4) is 11.5 Å². The Kier molecular flexibility index (Phi) is 7.27. The zero-order chi connectivity index (χ0) is 25.1. The molecule has 0 aliphatic carbocycles. The summed E-state index contributed by atoms with van der Waals surface area (Å²) in [6, 6.07) is 9.22. The Bertz CT molecular complexity index is 1160. The molecule has 0 radical (unpaired) electrons. The maximum atomic E-state index is 13.9. The highest BCUT2D eigenvalue weighted by molar-refractivity contribution is 7.92. The van der Waals surface area contributed by atoms with Crippen molar-refractivity contribution in [3.05, 3.63) is 47.5 Å². The van der Waals surface area contributed by atoms with Crippen molar-refractivity contribution in [2.24, 2.45) is 0 Å². The van der Waals surface area contributed by atoms with Gasteiger partial charge in [0.1, 0.15) is 21.3 Å². The van der Waals surface area contributed by atoms with Crippen LogP contribution in [0.25, 0.3) is 0 Å². The van der Waals surface area contributed by atoms with Gasteiger partial charge in [0.2, 0.25) is 9.84 Å². The Morgan fingerprint density at radius 3 is 1.56 bits per heavy atom. The standard InChI is InChI=1S/C26H32N4O5S/c31-25(27-11-17-29-13-1-2-14-29)19-7-5-9-21-23(19)36(33,34)24-20(8-6-10-22(24)35-21)26(32)28-12-18-30-15-3-4-16-30/h5-10H,1-4,11-18H2,(H,27,31)(H,28,32). The first-order valence-electron chi connectivity index (χ1n) is 12.7. The lowest BCUT2D eigenvalue weighted by Gasteiger charge is -2.24. The topological polar surface area (TPSA) is 108 Å². The van der Waals surface area contributed by atoms with Crippen LogP contribution in [0.3, 0.4) is 0 Å². The van der Waals surface area contributed by atoms with E-state index in [1.165, 1.54) is 24.3 Å². The van der Waals surface area contributed by atoms with Gasteiger partial charge in [-0.05, 0) is 76.1 Å². The number of likely N-dealkylation sites (tertiary alicyclic amines) is 2. The number of rotatable bonds is 8. The maximum Gasteiger partial charge on any atom is 0.252 e. The number of sulfone groups is 1. The van der Waals surface area contributed by atoms with Gasteiger partial charge in [-0.3, -0.25) is 9.59 Å². The molecule has 2 saturated heterocycles. The summed E-state index contributed by atoms with van der Waals surface area (Å²) in [6.07, 6.45) is 4.62. The van der Waals surface area contributed by atoms with Crippen LogP contribution in [0.1, 0.15) is 46.4 Å². The predicted octanol–water partition coefficient (Wildman–Crippen LogP) is 2.28. The number of hydrogen-bond donors (Lipinski definition) is 2. The van der Waals surface area contributed by atoms with E-state index in [9.17, 15) is 18.0 Å². The molecule has 3 heterocycles. The van der Waals surface area contributed by atoms with Gasteiger partial charge < -0.3 is 25.2 Å². The van der Waals surface area contributed by atoms with Crippen molar-refractivity contribution in [1.29, 1.82) is 0 Å². The van der Waals surface area contributed by atoms with Crippen molar-refractivity contribution in [3.63, 3.8) is 0 Å². The summed E-state index contributed by atoms with van der Waals surface area (Å²) in [5.74, 6) is -0.786. The number of hydrogen-bond acceptors (Lipinski definition) is 7. The predicted molar refractivity (Wildman–Crippen MR) is 134 cm³/mol. The minimum atomic E-state index is -4.20. The van der Waals surface area contributed by atoms with Gasteiger partial charge in [0, 0.05) is 26.2 Å². The smallest absolute Gasteiger partial charge is 0.252 e. The van der Waals surface area contributed by atoms with E-state index < -0.39 is 21.7 Å².